The molecule has 124 valence electrons. The average Bonchev–Trinajstić information content (AvgIpc) is 2.73. The van der Waals surface area contributed by atoms with Gasteiger partial charge in [0.05, 0.1) is 0 Å². The standard InChI is InChI=1S/C25H20Ge/c1-3-13-22(14-4-1)26(23-15-5-2-6-16-23)24-17-9-7-11-20(24)19-21-12-8-10-18-25(21)26/h1-18H,19H2. The monoisotopic (exact) mass is 394 g/mol. The van der Waals surface area contributed by atoms with Gasteiger partial charge in [-0.3, -0.25) is 0 Å². The van der Waals surface area contributed by atoms with Gasteiger partial charge in [0.2, 0.25) is 0 Å². The molecule has 0 atom stereocenters. The first-order chi connectivity index (χ1) is 12.9. The van der Waals surface area contributed by atoms with Crippen molar-refractivity contribution in [2.45, 2.75) is 6.42 Å². The molecule has 4 aromatic rings. The summed E-state index contributed by atoms with van der Waals surface area (Å²) in [5.41, 5.74) is 3.00. The first-order valence-electron chi connectivity index (χ1n) is 9.18. The molecular weight excluding hydrogens is 373 g/mol. The van der Waals surface area contributed by atoms with Gasteiger partial charge in [-0.05, 0) is 0 Å². The Kier molecular flexibility index (Phi) is 3.79. The maximum atomic E-state index is 2.39. The predicted molar refractivity (Wildman–Crippen MR) is 113 cm³/mol. The Hall–Kier alpha value is -2.58. The number of hydrogen-bond acceptors (Lipinski definition) is 0. The van der Waals surface area contributed by atoms with E-state index in [4.69, 9.17) is 0 Å². The van der Waals surface area contributed by atoms with Gasteiger partial charge in [-0.1, -0.05) is 0 Å². The third-order valence-electron chi connectivity index (χ3n) is 5.64. The summed E-state index contributed by atoms with van der Waals surface area (Å²) in [5.74, 6) is 0. The van der Waals surface area contributed by atoms with Crippen molar-refractivity contribution in [2.24, 2.45) is 0 Å². The molecule has 1 heteroatoms. The van der Waals surface area contributed by atoms with Crippen LogP contribution in [0, 0.1) is 0 Å². The van der Waals surface area contributed by atoms with E-state index >= 15 is 0 Å². The van der Waals surface area contributed by atoms with Crippen LogP contribution in [0.5, 0.6) is 0 Å². The Bertz CT molecular complexity index is 965. The van der Waals surface area contributed by atoms with Gasteiger partial charge in [-0.2, -0.15) is 0 Å². The molecule has 0 aromatic heterocycles. The molecule has 5 rings (SSSR count). The number of hydrogen-bond donors (Lipinski definition) is 0. The fourth-order valence-electron chi connectivity index (χ4n) is 4.60. The van der Waals surface area contributed by atoms with Crippen molar-refractivity contribution in [2.75, 3.05) is 0 Å². The second-order valence-corrected chi connectivity index (χ2v) is 14.8. The third-order valence-corrected chi connectivity index (χ3v) is 16.1. The fourth-order valence-corrected chi connectivity index (χ4v) is 15.6. The Morgan fingerprint density at radius 1 is 0.423 bits per heavy atom. The van der Waals surface area contributed by atoms with Gasteiger partial charge in [-0.25, -0.2) is 0 Å². The van der Waals surface area contributed by atoms with Crippen molar-refractivity contribution in [1.29, 1.82) is 0 Å². The van der Waals surface area contributed by atoms with E-state index in [1.165, 1.54) is 19.9 Å². The summed E-state index contributed by atoms with van der Waals surface area (Å²) in [6.45, 7) is 0. The normalized spacial score (nSPS) is 14.3. The Balaban J connectivity index is 1.97. The molecule has 0 radical (unpaired) electrons. The quantitative estimate of drug-likeness (QED) is 0.405. The Morgan fingerprint density at radius 3 is 1.27 bits per heavy atom. The SMILES string of the molecule is c1cc[c]([Ge]2([c]3ccccc3)[c]3ccccc3Cc3cccc[c]32)cc1. The molecule has 0 amide bonds. The third kappa shape index (κ3) is 2.22. The molecule has 0 unspecified atom stereocenters. The summed E-state index contributed by atoms with van der Waals surface area (Å²) in [4.78, 5) is 0. The second-order valence-electron chi connectivity index (χ2n) is 6.97. The molecule has 0 nitrogen and oxygen atoms in total. The summed E-state index contributed by atoms with van der Waals surface area (Å²) in [5, 5.41) is 0. The van der Waals surface area contributed by atoms with E-state index in [1.807, 2.05) is 0 Å². The van der Waals surface area contributed by atoms with Crippen LogP contribution in [-0.4, -0.2) is 13.3 Å². The molecular formula is C25H20Ge. The summed E-state index contributed by atoms with van der Waals surface area (Å²) < 4.78 is 6.20. The fraction of sp³-hybridized carbons (Fsp3) is 0.0400. The van der Waals surface area contributed by atoms with E-state index in [-0.39, 0.29) is 0 Å². The zero-order valence-corrected chi connectivity index (χ0v) is 16.7. The number of rotatable bonds is 2. The molecule has 26 heavy (non-hydrogen) atoms. The van der Waals surface area contributed by atoms with Crippen molar-refractivity contribution in [3.63, 3.8) is 0 Å². The Labute approximate surface area is 157 Å². The van der Waals surface area contributed by atoms with Crippen LogP contribution in [0.1, 0.15) is 11.1 Å². The van der Waals surface area contributed by atoms with Crippen LogP contribution in [0.3, 0.4) is 0 Å². The summed E-state index contributed by atoms with van der Waals surface area (Å²) >= 11 is -2.98. The van der Waals surface area contributed by atoms with Gasteiger partial charge >= 0.3 is 158 Å². The van der Waals surface area contributed by atoms with Gasteiger partial charge in [0.25, 0.3) is 0 Å². The molecule has 4 aromatic carbocycles. The molecule has 0 aliphatic carbocycles. The molecule has 0 saturated heterocycles. The van der Waals surface area contributed by atoms with Gasteiger partial charge in [0.1, 0.15) is 0 Å². The van der Waals surface area contributed by atoms with Crippen LogP contribution < -0.4 is 17.6 Å². The van der Waals surface area contributed by atoms with Gasteiger partial charge in [-0.15, -0.1) is 0 Å². The topological polar surface area (TPSA) is 0 Å². The average molecular weight is 393 g/mol. The maximum absolute atomic E-state index is 2.98. The zero-order chi connectivity index (χ0) is 17.4. The predicted octanol–water partition coefficient (Wildman–Crippen LogP) is 2.97. The van der Waals surface area contributed by atoms with Crippen molar-refractivity contribution in [3.8, 4) is 0 Å². The first kappa shape index (κ1) is 15.7. The van der Waals surface area contributed by atoms with Crippen molar-refractivity contribution in [3.05, 3.63) is 120 Å². The van der Waals surface area contributed by atoms with Gasteiger partial charge in [0.15, 0.2) is 0 Å². The molecule has 0 N–H and O–H groups in total. The molecule has 0 fully saturated rings. The molecule has 1 aliphatic heterocycles. The van der Waals surface area contributed by atoms with Crippen molar-refractivity contribution < 1.29 is 0 Å². The molecule has 0 saturated carbocycles. The van der Waals surface area contributed by atoms with Crippen LogP contribution in [0.2, 0.25) is 0 Å². The number of benzene rings is 4. The minimum atomic E-state index is -2.98. The second kappa shape index (κ2) is 6.30. The van der Waals surface area contributed by atoms with E-state index in [0.717, 1.165) is 6.42 Å². The van der Waals surface area contributed by atoms with E-state index in [2.05, 4.69) is 109 Å². The Morgan fingerprint density at radius 2 is 0.808 bits per heavy atom. The molecule has 0 bridgehead atoms. The van der Waals surface area contributed by atoms with E-state index < -0.39 is 13.3 Å². The van der Waals surface area contributed by atoms with Crippen LogP contribution in [0.15, 0.2) is 109 Å². The molecule has 0 spiro atoms. The van der Waals surface area contributed by atoms with Crippen LogP contribution in [0.25, 0.3) is 0 Å². The summed E-state index contributed by atoms with van der Waals surface area (Å²) in [7, 11) is 0. The van der Waals surface area contributed by atoms with Crippen LogP contribution in [-0.2, 0) is 6.42 Å². The van der Waals surface area contributed by atoms with E-state index in [0.29, 0.717) is 0 Å². The van der Waals surface area contributed by atoms with E-state index in [9.17, 15) is 0 Å². The van der Waals surface area contributed by atoms with Gasteiger partial charge in [0, 0.05) is 0 Å². The van der Waals surface area contributed by atoms with Crippen molar-refractivity contribution >= 4 is 30.8 Å². The minimum absolute atomic E-state index is 1.04. The van der Waals surface area contributed by atoms with E-state index in [1.54, 1.807) is 8.79 Å². The first-order valence-corrected chi connectivity index (χ1v) is 13.4. The summed E-state index contributed by atoms with van der Waals surface area (Å²) in [6, 6.07) is 40.7. The zero-order valence-electron chi connectivity index (χ0n) is 14.6. The molecule has 1 heterocycles. The van der Waals surface area contributed by atoms with Crippen LogP contribution in [0.4, 0.5) is 0 Å². The van der Waals surface area contributed by atoms with Crippen molar-refractivity contribution in [1.82, 2.24) is 0 Å². The summed E-state index contributed by atoms with van der Waals surface area (Å²) in [6.07, 6.45) is 1.04. The molecule has 1 aliphatic rings. The van der Waals surface area contributed by atoms with Gasteiger partial charge < -0.3 is 0 Å². The van der Waals surface area contributed by atoms with Crippen LogP contribution >= 0.6 is 0 Å². The number of fused-ring (bicyclic) bond motifs is 2.